The Morgan fingerprint density at radius 2 is 1.39 bits per heavy atom. The van der Waals surface area contributed by atoms with E-state index in [1.54, 1.807) is 0 Å². The number of nitrogens with zero attached hydrogens (tertiary/aromatic N) is 2. The molecule has 0 saturated carbocycles. The molecule has 1 fully saturated rings. The minimum Gasteiger partial charge on any atom is -0.274 e. The molecule has 0 radical (unpaired) electrons. The summed E-state index contributed by atoms with van der Waals surface area (Å²) in [6.07, 6.45) is 1.96. The topological polar surface area (TPSA) is 49.7 Å². The van der Waals surface area contributed by atoms with Crippen molar-refractivity contribution < 1.29 is 9.59 Å². The van der Waals surface area contributed by atoms with Crippen molar-refractivity contribution in [3.8, 4) is 0 Å². The van der Waals surface area contributed by atoms with Crippen LogP contribution in [0.3, 0.4) is 0 Å². The Kier molecular flexibility index (Phi) is 4.87. The van der Waals surface area contributed by atoms with Gasteiger partial charge in [-0.05, 0) is 72.4 Å². The van der Waals surface area contributed by atoms with Crippen molar-refractivity contribution >= 4 is 29.4 Å². The molecule has 4 aliphatic rings. The van der Waals surface area contributed by atoms with Crippen LogP contribution < -0.4 is 4.90 Å². The van der Waals surface area contributed by atoms with Gasteiger partial charge in [-0.1, -0.05) is 78.4 Å². The molecule has 4 aromatic carbocycles. The fraction of sp³-hybridized carbons (Fsp3) is 0.206. The maximum atomic E-state index is 14.5. The highest BCUT2D eigenvalue weighted by molar-refractivity contribution is 6.25. The van der Waals surface area contributed by atoms with E-state index >= 15 is 0 Å². The van der Waals surface area contributed by atoms with E-state index in [-0.39, 0.29) is 17.7 Å². The molecule has 1 saturated heterocycles. The third-order valence-corrected chi connectivity index (χ3v) is 8.70. The highest BCUT2D eigenvalue weighted by Gasteiger charge is 2.68. The molecular weight excluding hydrogens is 468 g/mol. The smallest absolute Gasteiger partial charge is 0.239 e. The minimum absolute atomic E-state index is 0.116. The zero-order chi connectivity index (χ0) is 26.2. The standard InChI is InChI=1S/C34H28N2O2/c1-20-9-8-10-23(18-20)35-19-34-26-13-6-4-11-24(26)29(25-12-5-7-14-27(25)34)30-31(34)33(38)36(32(30)37)28-16-15-21(2)17-22(28)3/h4-19,29-31H,1-3H3/t29?,30-,31-,34?/m1/s1. The summed E-state index contributed by atoms with van der Waals surface area (Å²) in [5.41, 5.74) is 8.19. The summed E-state index contributed by atoms with van der Waals surface area (Å²) in [6.45, 7) is 6.04. The minimum atomic E-state index is -0.851. The predicted octanol–water partition coefficient (Wildman–Crippen LogP) is 6.57. The number of aliphatic imine (C=N–C) groups is 1. The number of rotatable bonds is 3. The van der Waals surface area contributed by atoms with Crippen LogP contribution >= 0.6 is 0 Å². The molecule has 0 aromatic heterocycles. The molecule has 3 aliphatic carbocycles. The Balaban J connectivity index is 1.51. The number of anilines is 1. The normalized spacial score (nSPS) is 25.0. The van der Waals surface area contributed by atoms with Crippen LogP contribution in [0.25, 0.3) is 0 Å². The van der Waals surface area contributed by atoms with Crippen LogP contribution in [-0.4, -0.2) is 18.0 Å². The van der Waals surface area contributed by atoms with Crippen LogP contribution in [0.4, 0.5) is 11.4 Å². The van der Waals surface area contributed by atoms with E-state index < -0.39 is 17.3 Å². The number of hydrogen-bond acceptors (Lipinski definition) is 3. The quantitative estimate of drug-likeness (QED) is 0.238. The average Bonchev–Trinajstić information content (AvgIpc) is 3.18. The predicted molar refractivity (Wildman–Crippen MR) is 150 cm³/mol. The van der Waals surface area contributed by atoms with Gasteiger partial charge in [-0.25, -0.2) is 4.90 Å². The van der Waals surface area contributed by atoms with E-state index in [1.165, 1.54) is 4.90 Å². The Hall–Kier alpha value is -4.31. The summed E-state index contributed by atoms with van der Waals surface area (Å²) in [5.74, 6) is -1.49. The number of amides is 2. The van der Waals surface area contributed by atoms with E-state index in [9.17, 15) is 9.59 Å². The number of carbonyl (C=O) groups excluding carboxylic acids is 2. The number of imide groups is 1. The maximum Gasteiger partial charge on any atom is 0.239 e. The lowest BCUT2D eigenvalue weighted by atomic mass is 9.47. The second-order valence-corrected chi connectivity index (χ2v) is 10.9. The first-order valence-corrected chi connectivity index (χ1v) is 13.2. The Morgan fingerprint density at radius 3 is 2.05 bits per heavy atom. The van der Waals surface area contributed by atoms with Gasteiger partial charge in [0, 0.05) is 12.1 Å². The first-order chi connectivity index (χ1) is 18.4. The van der Waals surface area contributed by atoms with Gasteiger partial charge in [-0.3, -0.25) is 14.6 Å². The third-order valence-electron chi connectivity index (χ3n) is 8.70. The van der Waals surface area contributed by atoms with Crippen molar-refractivity contribution in [1.82, 2.24) is 0 Å². The van der Waals surface area contributed by atoms with Gasteiger partial charge in [-0.2, -0.15) is 0 Å². The van der Waals surface area contributed by atoms with Crippen LogP contribution in [0.2, 0.25) is 0 Å². The number of hydrogen-bond donors (Lipinski definition) is 0. The number of benzene rings is 4. The molecule has 2 bridgehead atoms. The van der Waals surface area contributed by atoms with Crippen LogP contribution in [0.5, 0.6) is 0 Å². The van der Waals surface area contributed by atoms with E-state index in [1.807, 2.05) is 93.7 Å². The van der Waals surface area contributed by atoms with Crippen molar-refractivity contribution in [3.05, 3.63) is 130 Å². The van der Waals surface area contributed by atoms with Gasteiger partial charge >= 0.3 is 0 Å². The molecule has 0 N–H and O–H groups in total. The van der Waals surface area contributed by atoms with Crippen LogP contribution in [0.15, 0.2) is 96.0 Å². The molecule has 1 aliphatic heterocycles. The molecule has 2 amide bonds. The lowest BCUT2D eigenvalue weighted by molar-refractivity contribution is -0.122. The van der Waals surface area contributed by atoms with Gasteiger partial charge in [0.2, 0.25) is 11.8 Å². The van der Waals surface area contributed by atoms with Crippen molar-refractivity contribution in [1.29, 1.82) is 0 Å². The summed E-state index contributed by atoms with van der Waals surface area (Å²) in [6, 6.07) is 30.6. The average molecular weight is 497 g/mol. The monoisotopic (exact) mass is 496 g/mol. The third kappa shape index (κ3) is 2.94. The van der Waals surface area contributed by atoms with E-state index in [0.717, 1.165) is 44.6 Å². The second kappa shape index (κ2) is 8.09. The zero-order valence-electron chi connectivity index (χ0n) is 21.7. The van der Waals surface area contributed by atoms with Crippen LogP contribution in [0.1, 0.15) is 44.9 Å². The molecule has 4 aromatic rings. The zero-order valence-corrected chi connectivity index (χ0v) is 21.7. The summed E-state index contributed by atoms with van der Waals surface area (Å²) >= 11 is 0. The molecule has 0 unspecified atom stereocenters. The maximum absolute atomic E-state index is 14.5. The van der Waals surface area contributed by atoms with Crippen LogP contribution in [-0.2, 0) is 15.0 Å². The van der Waals surface area contributed by atoms with Crippen molar-refractivity contribution in [2.24, 2.45) is 16.8 Å². The van der Waals surface area contributed by atoms with Gasteiger partial charge in [0.1, 0.15) is 0 Å². The second-order valence-electron chi connectivity index (χ2n) is 10.9. The van der Waals surface area contributed by atoms with Crippen molar-refractivity contribution in [2.75, 3.05) is 4.90 Å². The first kappa shape index (κ1) is 22.9. The number of carbonyl (C=O) groups is 2. The highest BCUT2D eigenvalue weighted by Crippen LogP contribution is 2.63. The molecule has 8 rings (SSSR count). The van der Waals surface area contributed by atoms with Gasteiger partial charge in [-0.15, -0.1) is 0 Å². The van der Waals surface area contributed by atoms with Crippen LogP contribution in [0, 0.1) is 32.6 Å². The van der Waals surface area contributed by atoms with Crippen molar-refractivity contribution in [2.45, 2.75) is 32.1 Å². The lowest BCUT2D eigenvalue weighted by Gasteiger charge is -2.52. The van der Waals surface area contributed by atoms with E-state index in [4.69, 9.17) is 4.99 Å². The van der Waals surface area contributed by atoms with E-state index in [2.05, 4.69) is 24.3 Å². The Labute approximate surface area is 222 Å². The fourth-order valence-electron chi connectivity index (χ4n) is 7.23. The molecule has 1 heterocycles. The number of aryl methyl sites for hydroxylation is 3. The summed E-state index contributed by atoms with van der Waals surface area (Å²) in [7, 11) is 0. The summed E-state index contributed by atoms with van der Waals surface area (Å²) < 4.78 is 0. The highest BCUT2D eigenvalue weighted by atomic mass is 16.2. The molecule has 186 valence electrons. The van der Waals surface area contributed by atoms with Gasteiger partial charge in [0.05, 0.1) is 28.6 Å². The molecule has 4 nitrogen and oxygen atoms in total. The van der Waals surface area contributed by atoms with Gasteiger partial charge in [0.15, 0.2) is 0 Å². The molecule has 2 atom stereocenters. The fourth-order valence-corrected chi connectivity index (χ4v) is 7.23. The lowest BCUT2D eigenvalue weighted by Crippen LogP contribution is -2.54. The first-order valence-electron chi connectivity index (χ1n) is 13.2. The molecule has 0 spiro atoms. The SMILES string of the molecule is Cc1cccc(N=CC23c4ccccc4C(c4ccccc42)[C@H]2C(=O)N(c4ccc(C)cc4C)C(=O)[C@@H]23)c1. The Bertz CT molecular complexity index is 1640. The molecular formula is C34H28N2O2. The van der Waals surface area contributed by atoms with E-state index in [0.29, 0.717) is 5.69 Å². The van der Waals surface area contributed by atoms with Gasteiger partial charge < -0.3 is 0 Å². The molecule has 38 heavy (non-hydrogen) atoms. The Morgan fingerprint density at radius 1 is 0.737 bits per heavy atom. The van der Waals surface area contributed by atoms with Crippen molar-refractivity contribution in [3.63, 3.8) is 0 Å². The molecule has 4 heteroatoms. The summed E-state index contributed by atoms with van der Waals surface area (Å²) in [4.78, 5) is 35.3. The van der Waals surface area contributed by atoms with Gasteiger partial charge in [0.25, 0.3) is 0 Å². The summed E-state index contributed by atoms with van der Waals surface area (Å²) in [5, 5.41) is 0. The largest absolute Gasteiger partial charge is 0.274 e.